The molecule has 1 nitrogen and oxygen atoms in total. The maximum atomic E-state index is 9.21. The predicted molar refractivity (Wildman–Crippen MR) is 194 cm³/mol. The first-order valence-electron chi connectivity index (χ1n) is 21.3. The first kappa shape index (κ1) is 16.4. The van der Waals surface area contributed by atoms with E-state index in [1.54, 1.807) is 12.1 Å². The van der Waals surface area contributed by atoms with Crippen molar-refractivity contribution in [3.8, 4) is 33.4 Å². The van der Waals surface area contributed by atoms with Crippen molar-refractivity contribution in [2.24, 2.45) is 0 Å². The van der Waals surface area contributed by atoms with Gasteiger partial charge in [-0.2, -0.15) is 0 Å². The van der Waals surface area contributed by atoms with Gasteiger partial charge in [0.1, 0.15) is 11.2 Å². The molecule has 0 unspecified atom stereocenters. The predicted octanol–water partition coefficient (Wildman–Crippen LogP) is 12.5. The van der Waals surface area contributed by atoms with Crippen molar-refractivity contribution in [1.29, 1.82) is 0 Å². The van der Waals surface area contributed by atoms with Gasteiger partial charge in [0.05, 0.1) is 17.8 Å². The van der Waals surface area contributed by atoms with E-state index in [2.05, 4.69) is 6.07 Å². The van der Waals surface area contributed by atoms with E-state index in [-0.39, 0.29) is 38.2 Å². The monoisotopic (exact) mass is 599 g/mol. The van der Waals surface area contributed by atoms with E-state index in [1.165, 1.54) is 0 Å². The smallest absolute Gasteiger partial charge is 0.143 e. The summed E-state index contributed by atoms with van der Waals surface area (Å²) < 4.78 is 120. The summed E-state index contributed by atoms with van der Waals surface area (Å²) in [5.74, 6) is 0. The van der Waals surface area contributed by atoms with Gasteiger partial charge in [0.15, 0.2) is 0 Å². The normalized spacial score (nSPS) is 15.5. The fraction of sp³-hybridized carbons (Fsp3) is 0.0222. The molecule has 0 atom stereocenters. The Kier molecular flexibility index (Phi) is 3.89. The van der Waals surface area contributed by atoms with Crippen molar-refractivity contribution < 1.29 is 22.2 Å². The molecular formula is C45H30O. The zero-order valence-corrected chi connectivity index (χ0v) is 24.3. The van der Waals surface area contributed by atoms with E-state index < -0.39 is 85.0 Å². The Morgan fingerprint density at radius 1 is 0.457 bits per heavy atom. The molecule has 0 bridgehead atoms. The highest BCUT2D eigenvalue weighted by molar-refractivity contribution is 6.17. The molecule has 0 aliphatic heterocycles. The average Bonchev–Trinajstić information content (AvgIpc) is 3.65. The second kappa shape index (κ2) is 10.9. The SMILES string of the molecule is [2H]c1c([2H])c([2H])c(Cc2c3c([2H])c([2H])c([2H])c([2H])c3c(-c3ccc(-c4cccc5c4oc4cccc(-c6ccccc6)c45)cc3)c3c([2H])c([2H])c([2H])c([2H])c23)c([2H])c1[2H]. The van der Waals surface area contributed by atoms with Gasteiger partial charge in [0, 0.05) is 16.3 Å². The summed E-state index contributed by atoms with van der Waals surface area (Å²) in [5.41, 5.74) is 5.33. The van der Waals surface area contributed by atoms with Crippen LogP contribution in [0.4, 0.5) is 0 Å². The molecular weight excluding hydrogens is 556 g/mol. The van der Waals surface area contributed by atoms with E-state index in [0.29, 0.717) is 11.1 Å². The number of hydrogen-bond donors (Lipinski definition) is 0. The van der Waals surface area contributed by atoms with E-state index in [0.717, 1.165) is 38.6 Å². The first-order chi connectivity index (χ1) is 28.2. The number of hydrogen-bond acceptors (Lipinski definition) is 1. The number of rotatable bonds is 5. The molecule has 0 fully saturated rings. The van der Waals surface area contributed by atoms with Gasteiger partial charge in [-0.25, -0.2) is 0 Å². The third-order valence-corrected chi connectivity index (χ3v) is 8.48. The molecule has 0 amide bonds. The van der Waals surface area contributed by atoms with Crippen LogP contribution in [0.15, 0.2) is 174 Å². The lowest BCUT2D eigenvalue weighted by Gasteiger charge is -2.18. The molecule has 0 N–H and O–H groups in total. The molecule has 0 aliphatic rings. The maximum Gasteiger partial charge on any atom is 0.143 e. The summed E-state index contributed by atoms with van der Waals surface area (Å²) in [6.07, 6.45) is -0.486. The second-order valence-electron chi connectivity index (χ2n) is 11.0. The zero-order valence-electron chi connectivity index (χ0n) is 37.3. The quantitative estimate of drug-likeness (QED) is 0.179. The molecule has 0 saturated carbocycles. The first-order valence-corrected chi connectivity index (χ1v) is 14.8. The molecule has 216 valence electrons. The Morgan fingerprint density at radius 3 is 1.76 bits per heavy atom. The van der Waals surface area contributed by atoms with Crippen LogP contribution in [0.5, 0.6) is 0 Å². The second-order valence-corrected chi connectivity index (χ2v) is 11.0. The molecule has 8 aromatic carbocycles. The van der Waals surface area contributed by atoms with Crippen LogP contribution >= 0.6 is 0 Å². The fourth-order valence-corrected chi connectivity index (χ4v) is 6.46. The van der Waals surface area contributed by atoms with E-state index >= 15 is 0 Å². The van der Waals surface area contributed by atoms with Crippen molar-refractivity contribution in [3.63, 3.8) is 0 Å². The van der Waals surface area contributed by atoms with Gasteiger partial charge in [-0.1, -0.05) is 163 Å². The Bertz CT molecular complexity index is 3160. The number of benzene rings is 8. The molecule has 0 aliphatic carbocycles. The largest absolute Gasteiger partial charge is 0.455 e. The van der Waals surface area contributed by atoms with Gasteiger partial charge in [0.25, 0.3) is 0 Å². The highest BCUT2D eigenvalue weighted by Crippen LogP contribution is 2.43. The lowest BCUT2D eigenvalue weighted by molar-refractivity contribution is 0.670. The summed E-state index contributed by atoms with van der Waals surface area (Å²) in [6, 6.07) is 21.8. The summed E-state index contributed by atoms with van der Waals surface area (Å²) in [4.78, 5) is 0. The van der Waals surface area contributed by atoms with Crippen molar-refractivity contribution in [2.45, 2.75) is 6.42 Å². The van der Waals surface area contributed by atoms with E-state index in [4.69, 9.17) is 19.5 Å². The Labute approximate surface area is 286 Å². The van der Waals surface area contributed by atoms with Gasteiger partial charge >= 0.3 is 0 Å². The van der Waals surface area contributed by atoms with Crippen LogP contribution in [0.1, 0.15) is 28.9 Å². The maximum absolute atomic E-state index is 9.21. The molecule has 0 radical (unpaired) electrons. The summed E-state index contributed by atoms with van der Waals surface area (Å²) >= 11 is 0. The van der Waals surface area contributed by atoms with Crippen molar-refractivity contribution >= 4 is 43.5 Å². The molecule has 9 rings (SSSR count). The van der Waals surface area contributed by atoms with Crippen LogP contribution in [0.25, 0.3) is 76.9 Å². The topological polar surface area (TPSA) is 13.1 Å². The van der Waals surface area contributed by atoms with Crippen molar-refractivity contribution in [3.05, 3.63) is 181 Å². The number of fused-ring (bicyclic) bond motifs is 5. The van der Waals surface area contributed by atoms with Crippen LogP contribution < -0.4 is 0 Å². The molecule has 9 aromatic rings. The fourth-order valence-electron chi connectivity index (χ4n) is 6.46. The standard InChI is InChI=1S/C45H30O/c1-3-13-30(14-4-1)29-41-36-17-7-9-19-38(36)43(39-20-10-8-18-37(39)41)33-27-25-32(26-28-33)35-22-11-23-40-44-34(31-15-5-2-6-16-31)21-12-24-42(44)46-45(35)40/h1-28H,29H2/i1D,3D,4D,7D,8D,9D,10D,13D,14D,17D,18D,19D,20D. The Balaban J connectivity index is 1.33. The van der Waals surface area contributed by atoms with Crippen LogP contribution in [0.2, 0.25) is 0 Å². The Hall–Kier alpha value is -5.92. The summed E-state index contributed by atoms with van der Waals surface area (Å²) in [7, 11) is 0. The van der Waals surface area contributed by atoms with Crippen molar-refractivity contribution in [2.75, 3.05) is 0 Å². The minimum Gasteiger partial charge on any atom is -0.455 e. The molecule has 0 saturated heterocycles. The summed E-state index contributed by atoms with van der Waals surface area (Å²) in [6.45, 7) is 0. The van der Waals surface area contributed by atoms with Crippen molar-refractivity contribution in [1.82, 2.24) is 0 Å². The highest BCUT2D eigenvalue weighted by Gasteiger charge is 2.18. The minimum atomic E-state index is -0.616. The minimum absolute atomic E-state index is 0.0145. The van der Waals surface area contributed by atoms with Gasteiger partial charge in [-0.3, -0.25) is 0 Å². The molecule has 1 heteroatoms. The summed E-state index contributed by atoms with van der Waals surface area (Å²) in [5, 5.41) is 1.66. The highest BCUT2D eigenvalue weighted by atomic mass is 16.3. The van der Waals surface area contributed by atoms with E-state index in [1.807, 2.05) is 72.8 Å². The van der Waals surface area contributed by atoms with Gasteiger partial charge < -0.3 is 4.42 Å². The third kappa shape index (κ3) is 4.32. The van der Waals surface area contributed by atoms with Crippen LogP contribution in [0, 0.1) is 0 Å². The lowest BCUT2D eigenvalue weighted by Crippen LogP contribution is -1.95. The van der Waals surface area contributed by atoms with E-state index in [9.17, 15) is 2.74 Å². The van der Waals surface area contributed by atoms with Gasteiger partial charge in [-0.15, -0.1) is 0 Å². The molecule has 1 aromatic heterocycles. The van der Waals surface area contributed by atoms with Crippen LogP contribution in [0.3, 0.4) is 0 Å². The molecule has 1 heterocycles. The molecule has 0 spiro atoms. The van der Waals surface area contributed by atoms with Gasteiger partial charge in [0.2, 0.25) is 0 Å². The number of furan rings is 1. The van der Waals surface area contributed by atoms with Crippen LogP contribution in [-0.4, -0.2) is 0 Å². The van der Waals surface area contributed by atoms with Gasteiger partial charge in [-0.05, 0) is 73.0 Å². The lowest BCUT2D eigenvalue weighted by atomic mass is 9.86. The average molecular weight is 600 g/mol. The number of para-hydroxylation sites is 1. The zero-order chi connectivity index (χ0) is 41.8. The third-order valence-electron chi connectivity index (χ3n) is 8.48. The van der Waals surface area contributed by atoms with Crippen LogP contribution in [-0.2, 0) is 6.42 Å². The Morgan fingerprint density at radius 2 is 1.04 bits per heavy atom. The molecule has 46 heavy (non-hydrogen) atoms.